The van der Waals surface area contributed by atoms with Crippen LogP contribution in [0.4, 0.5) is 0 Å². The van der Waals surface area contributed by atoms with Gasteiger partial charge in [0.05, 0.1) is 19.4 Å². The molecular weight excluding hydrogens is 392 g/mol. The standard InChI is InChI=1S/C24H30N4O3/c1-24(2,3)19-8-6-17(7-9-19)22-26-21(31-27-22)16-28-12-10-18(11-13-28)23(29)25-15-20-5-4-14-30-20/h4-9,14,18H,10-13,15-16H2,1-3H3,(H,25,29). The van der Waals surface area contributed by atoms with Crippen molar-refractivity contribution in [3.8, 4) is 11.4 Å². The van der Waals surface area contributed by atoms with E-state index in [0.717, 1.165) is 37.3 Å². The molecule has 1 saturated heterocycles. The van der Waals surface area contributed by atoms with Crippen LogP contribution in [-0.4, -0.2) is 34.0 Å². The van der Waals surface area contributed by atoms with Crippen LogP contribution < -0.4 is 5.32 Å². The monoisotopic (exact) mass is 422 g/mol. The molecule has 3 aromatic rings. The summed E-state index contributed by atoms with van der Waals surface area (Å²) in [5.41, 5.74) is 2.34. The molecular formula is C24H30N4O3. The predicted octanol–water partition coefficient (Wildman–Crippen LogP) is 4.16. The van der Waals surface area contributed by atoms with Crippen LogP contribution in [-0.2, 0) is 23.3 Å². The number of nitrogens with one attached hydrogen (secondary N) is 1. The van der Waals surface area contributed by atoms with Crippen molar-refractivity contribution in [2.75, 3.05) is 13.1 Å². The number of hydrogen-bond acceptors (Lipinski definition) is 6. The van der Waals surface area contributed by atoms with Crippen molar-refractivity contribution in [2.45, 2.75) is 52.1 Å². The third-order valence-corrected chi connectivity index (χ3v) is 5.81. The van der Waals surface area contributed by atoms with Gasteiger partial charge in [-0.1, -0.05) is 50.2 Å². The van der Waals surface area contributed by atoms with E-state index in [1.807, 2.05) is 24.3 Å². The molecule has 1 aromatic carbocycles. The number of carbonyl (C=O) groups is 1. The van der Waals surface area contributed by atoms with Gasteiger partial charge >= 0.3 is 0 Å². The number of benzene rings is 1. The first kappa shape index (κ1) is 21.3. The van der Waals surface area contributed by atoms with Crippen LogP contribution in [0.3, 0.4) is 0 Å². The van der Waals surface area contributed by atoms with Crippen LogP contribution in [0.1, 0.15) is 50.8 Å². The predicted molar refractivity (Wildman–Crippen MR) is 117 cm³/mol. The molecule has 0 unspecified atom stereocenters. The molecule has 0 saturated carbocycles. The SMILES string of the molecule is CC(C)(C)c1ccc(-c2noc(CN3CCC(C(=O)NCc4ccco4)CC3)n2)cc1. The molecule has 0 bridgehead atoms. The number of rotatable bonds is 6. The second kappa shape index (κ2) is 9.06. The Bertz CT molecular complexity index is 979. The van der Waals surface area contributed by atoms with Gasteiger partial charge in [0.25, 0.3) is 0 Å². The quantitative estimate of drug-likeness (QED) is 0.642. The lowest BCUT2D eigenvalue weighted by Gasteiger charge is -2.30. The zero-order chi connectivity index (χ0) is 21.8. The molecule has 1 aliphatic rings. The first-order chi connectivity index (χ1) is 14.9. The third kappa shape index (κ3) is 5.41. The number of aromatic nitrogens is 2. The van der Waals surface area contributed by atoms with Crippen molar-refractivity contribution in [1.29, 1.82) is 0 Å². The smallest absolute Gasteiger partial charge is 0.241 e. The minimum absolute atomic E-state index is 0.0331. The van der Waals surface area contributed by atoms with Crippen molar-refractivity contribution < 1.29 is 13.7 Å². The number of amides is 1. The van der Waals surface area contributed by atoms with Crippen molar-refractivity contribution >= 4 is 5.91 Å². The number of hydrogen-bond donors (Lipinski definition) is 1. The Morgan fingerprint density at radius 3 is 2.55 bits per heavy atom. The highest BCUT2D eigenvalue weighted by molar-refractivity contribution is 5.78. The summed E-state index contributed by atoms with van der Waals surface area (Å²) in [5.74, 6) is 2.12. The van der Waals surface area contributed by atoms with Crippen LogP contribution >= 0.6 is 0 Å². The molecule has 7 heteroatoms. The summed E-state index contributed by atoms with van der Waals surface area (Å²) in [6.07, 6.45) is 3.25. The van der Waals surface area contributed by atoms with Gasteiger partial charge in [-0.25, -0.2) is 0 Å². The van der Waals surface area contributed by atoms with Gasteiger partial charge in [-0.2, -0.15) is 4.98 Å². The van der Waals surface area contributed by atoms with Crippen LogP contribution in [0.25, 0.3) is 11.4 Å². The highest BCUT2D eigenvalue weighted by atomic mass is 16.5. The van der Waals surface area contributed by atoms with Gasteiger partial charge in [0, 0.05) is 11.5 Å². The first-order valence-corrected chi connectivity index (χ1v) is 10.8. The lowest BCUT2D eigenvalue weighted by molar-refractivity contribution is -0.126. The molecule has 0 aliphatic carbocycles. The highest BCUT2D eigenvalue weighted by Crippen LogP contribution is 2.25. The molecule has 0 radical (unpaired) electrons. The summed E-state index contributed by atoms with van der Waals surface area (Å²) in [6, 6.07) is 12.0. The van der Waals surface area contributed by atoms with Gasteiger partial charge in [0.15, 0.2) is 0 Å². The Hall–Kier alpha value is -2.93. The van der Waals surface area contributed by atoms with Crippen molar-refractivity contribution in [2.24, 2.45) is 5.92 Å². The second-order valence-corrected chi connectivity index (χ2v) is 9.19. The number of furan rings is 1. The van der Waals surface area contributed by atoms with E-state index in [2.05, 4.69) is 53.3 Å². The van der Waals surface area contributed by atoms with Crippen molar-refractivity contribution in [3.63, 3.8) is 0 Å². The van der Waals surface area contributed by atoms with Crippen LogP contribution in [0, 0.1) is 5.92 Å². The molecule has 0 spiro atoms. The van der Waals surface area contributed by atoms with Gasteiger partial charge in [0.2, 0.25) is 17.6 Å². The Morgan fingerprint density at radius 2 is 1.90 bits per heavy atom. The molecule has 1 N–H and O–H groups in total. The summed E-state index contributed by atoms with van der Waals surface area (Å²) in [6.45, 7) is 9.29. The Morgan fingerprint density at radius 1 is 1.16 bits per heavy atom. The van der Waals surface area contributed by atoms with Crippen molar-refractivity contribution in [3.05, 3.63) is 59.9 Å². The highest BCUT2D eigenvalue weighted by Gasteiger charge is 2.26. The maximum Gasteiger partial charge on any atom is 0.241 e. The molecule has 0 atom stereocenters. The molecule has 4 rings (SSSR count). The van der Waals surface area contributed by atoms with Gasteiger partial charge < -0.3 is 14.3 Å². The maximum absolute atomic E-state index is 12.4. The van der Waals surface area contributed by atoms with E-state index < -0.39 is 0 Å². The fraction of sp³-hybridized carbons (Fsp3) is 0.458. The van der Waals surface area contributed by atoms with Gasteiger partial charge in [0.1, 0.15) is 5.76 Å². The van der Waals surface area contributed by atoms with E-state index in [-0.39, 0.29) is 17.2 Å². The first-order valence-electron chi connectivity index (χ1n) is 10.8. The number of likely N-dealkylation sites (tertiary alicyclic amines) is 1. The average Bonchev–Trinajstić information content (AvgIpc) is 3.44. The molecule has 31 heavy (non-hydrogen) atoms. The molecule has 1 aliphatic heterocycles. The van der Waals surface area contributed by atoms with Crippen molar-refractivity contribution in [1.82, 2.24) is 20.4 Å². The van der Waals surface area contributed by atoms with E-state index in [1.165, 1.54) is 5.56 Å². The van der Waals surface area contributed by atoms with E-state index in [4.69, 9.17) is 8.94 Å². The molecule has 3 heterocycles. The third-order valence-electron chi connectivity index (χ3n) is 5.81. The van der Waals surface area contributed by atoms with Gasteiger partial charge in [-0.15, -0.1) is 0 Å². The summed E-state index contributed by atoms with van der Waals surface area (Å²) in [7, 11) is 0. The van der Waals surface area contributed by atoms with E-state index in [9.17, 15) is 4.79 Å². The average molecular weight is 423 g/mol. The zero-order valence-electron chi connectivity index (χ0n) is 18.4. The minimum atomic E-state index is 0.0331. The fourth-order valence-corrected chi connectivity index (χ4v) is 3.83. The normalized spacial score (nSPS) is 15.8. The van der Waals surface area contributed by atoms with Gasteiger partial charge in [-0.3, -0.25) is 9.69 Å². The molecule has 1 fully saturated rings. The summed E-state index contributed by atoms with van der Waals surface area (Å²) < 4.78 is 10.7. The molecule has 1 amide bonds. The largest absolute Gasteiger partial charge is 0.467 e. The summed E-state index contributed by atoms with van der Waals surface area (Å²) in [4.78, 5) is 19.2. The van der Waals surface area contributed by atoms with Crippen LogP contribution in [0.5, 0.6) is 0 Å². The fourth-order valence-electron chi connectivity index (χ4n) is 3.83. The Balaban J connectivity index is 1.26. The zero-order valence-corrected chi connectivity index (χ0v) is 18.4. The minimum Gasteiger partial charge on any atom is -0.467 e. The topological polar surface area (TPSA) is 84.4 Å². The summed E-state index contributed by atoms with van der Waals surface area (Å²) >= 11 is 0. The lowest BCUT2D eigenvalue weighted by atomic mass is 9.87. The van der Waals surface area contributed by atoms with Crippen LogP contribution in [0.2, 0.25) is 0 Å². The lowest BCUT2D eigenvalue weighted by Crippen LogP contribution is -2.40. The second-order valence-electron chi connectivity index (χ2n) is 9.19. The Labute approximate surface area is 182 Å². The van der Waals surface area contributed by atoms with E-state index in [0.29, 0.717) is 24.8 Å². The maximum atomic E-state index is 12.4. The summed E-state index contributed by atoms with van der Waals surface area (Å²) in [5, 5.41) is 7.11. The number of nitrogens with zero attached hydrogens (tertiary/aromatic N) is 3. The van der Waals surface area contributed by atoms with Gasteiger partial charge in [-0.05, 0) is 49.0 Å². The number of piperidine rings is 1. The van der Waals surface area contributed by atoms with E-state index in [1.54, 1.807) is 6.26 Å². The molecule has 2 aromatic heterocycles. The van der Waals surface area contributed by atoms with E-state index >= 15 is 0 Å². The van der Waals surface area contributed by atoms with Crippen LogP contribution in [0.15, 0.2) is 51.6 Å². The Kier molecular flexibility index (Phi) is 6.23. The molecule has 164 valence electrons. The molecule has 7 nitrogen and oxygen atoms in total. The number of carbonyl (C=O) groups excluding carboxylic acids is 1.